The van der Waals surface area contributed by atoms with Gasteiger partial charge in [0.05, 0.1) is 14.9 Å². The van der Waals surface area contributed by atoms with Crippen LogP contribution in [0.3, 0.4) is 0 Å². The maximum atomic E-state index is 11.1. The second-order valence-electron chi connectivity index (χ2n) is 2.81. The molecule has 11 heteroatoms. The second kappa shape index (κ2) is 5.72. The predicted octanol–water partition coefficient (Wildman–Crippen LogP) is -2.71. The summed E-state index contributed by atoms with van der Waals surface area (Å²) in [6.07, 6.45) is 0. The number of benzene rings is 1. The fraction of sp³-hybridized carbons (Fsp3) is 0. The smallest absolute Gasteiger partial charge is 0.225 e. The van der Waals surface area contributed by atoms with E-state index in [1.165, 1.54) is 0 Å². The zero-order valence-electron chi connectivity index (χ0n) is 8.51. The van der Waals surface area contributed by atoms with Gasteiger partial charge in [0, 0.05) is 0 Å². The van der Waals surface area contributed by atoms with Crippen molar-refractivity contribution in [3.8, 4) is 0 Å². The third-order valence-electron chi connectivity index (χ3n) is 1.60. The van der Waals surface area contributed by atoms with E-state index < -0.39 is 29.8 Å². The summed E-state index contributed by atoms with van der Waals surface area (Å²) >= 11 is 11.1. The van der Waals surface area contributed by atoms with Crippen molar-refractivity contribution >= 4 is 43.2 Å². The van der Waals surface area contributed by atoms with Gasteiger partial charge in [-0.3, -0.25) is 0 Å². The minimum absolute atomic E-state index is 0. The van der Waals surface area contributed by atoms with Crippen molar-refractivity contribution in [3.63, 3.8) is 0 Å². The number of rotatable bonds is 2. The molecule has 0 saturated heterocycles. The minimum atomic E-state index is -4.18. The van der Waals surface area contributed by atoms with Crippen LogP contribution in [0.2, 0.25) is 10.0 Å². The summed E-state index contributed by atoms with van der Waals surface area (Å²) in [7, 11) is -8.26. The van der Waals surface area contributed by atoms with Gasteiger partial charge in [-0.1, -0.05) is 23.2 Å². The third-order valence-corrected chi connectivity index (χ3v) is 4.35. The SMILES string of the molecule is NS(=O)(=O)c1cc(Cl)c(Cl)c(S(N)(=O)=O)c1.[Na+]. The molecule has 0 aromatic heterocycles. The second-order valence-corrected chi connectivity index (χ2v) is 6.68. The van der Waals surface area contributed by atoms with E-state index in [9.17, 15) is 16.8 Å². The Balaban J connectivity index is 0.00000256. The van der Waals surface area contributed by atoms with Gasteiger partial charge in [0.2, 0.25) is 20.0 Å². The monoisotopic (exact) mass is 327 g/mol. The molecule has 1 rings (SSSR count). The average Bonchev–Trinajstić information content (AvgIpc) is 2.05. The van der Waals surface area contributed by atoms with Crippen LogP contribution < -0.4 is 39.8 Å². The van der Waals surface area contributed by atoms with E-state index in [1.807, 2.05) is 0 Å². The zero-order chi connectivity index (χ0) is 12.7. The van der Waals surface area contributed by atoms with Gasteiger partial charge in [-0.15, -0.1) is 0 Å². The predicted molar refractivity (Wildman–Crippen MR) is 59.2 cm³/mol. The number of halogens is 2. The molecule has 0 unspecified atom stereocenters. The van der Waals surface area contributed by atoms with E-state index in [0.29, 0.717) is 0 Å². The Bertz CT molecular complexity index is 644. The standard InChI is InChI=1S/C6H6Cl2N2O4S2.Na/c7-4-1-3(15(9,11)12)2-5(6(4)8)16(10,13)14;/h1-2H,(H2,9,11,12)(H2,10,13,14);/q;+1. The van der Waals surface area contributed by atoms with Crippen molar-refractivity contribution in [2.24, 2.45) is 10.3 Å². The van der Waals surface area contributed by atoms with Crippen molar-refractivity contribution in [3.05, 3.63) is 22.2 Å². The number of sulfonamides is 2. The fourth-order valence-corrected chi connectivity index (χ4v) is 2.97. The van der Waals surface area contributed by atoms with Crippen LogP contribution in [-0.4, -0.2) is 16.8 Å². The number of hydrogen-bond donors (Lipinski definition) is 2. The van der Waals surface area contributed by atoms with E-state index in [-0.39, 0.29) is 39.6 Å². The first-order chi connectivity index (χ1) is 7.03. The van der Waals surface area contributed by atoms with E-state index in [4.69, 9.17) is 33.5 Å². The number of nitrogens with two attached hydrogens (primary N) is 2. The summed E-state index contributed by atoms with van der Waals surface area (Å²) in [6.45, 7) is 0. The summed E-state index contributed by atoms with van der Waals surface area (Å²) in [5, 5.41) is 9.04. The van der Waals surface area contributed by atoms with Gasteiger partial charge in [0.15, 0.2) is 0 Å². The van der Waals surface area contributed by atoms with Gasteiger partial charge in [0.25, 0.3) is 0 Å². The Hall–Kier alpha value is 0.620. The molecule has 0 saturated carbocycles. The van der Waals surface area contributed by atoms with Gasteiger partial charge in [-0.25, -0.2) is 27.1 Å². The van der Waals surface area contributed by atoms with Crippen LogP contribution in [0, 0.1) is 0 Å². The Morgan fingerprint density at radius 3 is 1.76 bits per heavy atom. The Labute approximate surface area is 131 Å². The maximum Gasteiger partial charge on any atom is 1.00 e. The first-order valence-corrected chi connectivity index (χ1v) is 7.43. The molecule has 0 amide bonds. The number of primary sulfonamides is 2. The van der Waals surface area contributed by atoms with Crippen molar-refractivity contribution in [1.29, 1.82) is 0 Å². The maximum absolute atomic E-state index is 11.1. The summed E-state index contributed by atoms with van der Waals surface area (Å²) in [4.78, 5) is -1.07. The molecule has 0 bridgehead atoms. The molecule has 4 N–H and O–H groups in total. The normalized spacial score (nSPS) is 12.0. The van der Waals surface area contributed by atoms with Gasteiger partial charge in [-0.05, 0) is 12.1 Å². The number of hydrogen-bond acceptors (Lipinski definition) is 4. The van der Waals surface area contributed by atoms with Crippen LogP contribution in [0.15, 0.2) is 21.9 Å². The van der Waals surface area contributed by atoms with Crippen LogP contribution in [-0.2, 0) is 20.0 Å². The largest absolute Gasteiger partial charge is 1.00 e. The summed E-state index contributed by atoms with van der Waals surface area (Å²) < 4.78 is 44.2. The molecule has 17 heavy (non-hydrogen) atoms. The Morgan fingerprint density at radius 1 is 0.941 bits per heavy atom. The molecule has 0 aliphatic carbocycles. The van der Waals surface area contributed by atoms with Crippen molar-refractivity contribution in [2.45, 2.75) is 9.79 Å². The first kappa shape index (κ1) is 17.6. The Morgan fingerprint density at radius 2 is 1.41 bits per heavy atom. The molecule has 1 aromatic carbocycles. The van der Waals surface area contributed by atoms with Crippen molar-refractivity contribution < 1.29 is 46.4 Å². The summed E-state index contributed by atoms with van der Waals surface area (Å²) in [6, 6.07) is 1.69. The molecule has 90 valence electrons. The third kappa shape index (κ3) is 4.34. The van der Waals surface area contributed by atoms with Gasteiger partial charge >= 0.3 is 29.6 Å². The van der Waals surface area contributed by atoms with E-state index in [0.717, 1.165) is 12.1 Å². The van der Waals surface area contributed by atoms with E-state index in [1.54, 1.807) is 0 Å². The average molecular weight is 328 g/mol. The molecule has 1 aromatic rings. The van der Waals surface area contributed by atoms with E-state index in [2.05, 4.69) is 0 Å². The van der Waals surface area contributed by atoms with Crippen LogP contribution in [0.5, 0.6) is 0 Å². The topological polar surface area (TPSA) is 120 Å². The molecular weight excluding hydrogens is 322 g/mol. The molecule has 0 atom stereocenters. The molecule has 0 aliphatic rings. The minimum Gasteiger partial charge on any atom is -0.225 e. The molecule has 6 nitrogen and oxygen atoms in total. The summed E-state index contributed by atoms with van der Waals surface area (Å²) in [5.74, 6) is 0. The molecular formula is C6H6Cl2N2NaO4S2+. The van der Waals surface area contributed by atoms with E-state index >= 15 is 0 Å². The van der Waals surface area contributed by atoms with Crippen molar-refractivity contribution in [1.82, 2.24) is 0 Å². The van der Waals surface area contributed by atoms with Gasteiger partial charge in [-0.2, -0.15) is 0 Å². The first-order valence-electron chi connectivity index (χ1n) is 3.58. The Kier molecular flexibility index (Phi) is 5.93. The van der Waals surface area contributed by atoms with Crippen molar-refractivity contribution in [2.75, 3.05) is 0 Å². The fourth-order valence-electron chi connectivity index (χ4n) is 0.911. The van der Waals surface area contributed by atoms with Gasteiger partial charge < -0.3 is 0 Å². The zero-order valence-corrected chi connectivity index (χ0v) is 13.7. The van der Waals surface area contributed by atoms with Crippen LogP contribution in [0.4, 0.5) is 0 Å². The molecule has 0 spiro atoms. The molecule has 0 fully saturated rings. The van der Waals surface area contributed by atoms with Crippen LogP contribution in [0.1, 0.15) is 0 Å². The molecule has 0 radical (unpaired) electrons. The van der Waals surface area contributed by atoms with Crippen LogP contribution in [0.25, 0.3) is 0 Å². The van der Waals surface area contributed by atoms with Crippen LogP contribution >= 0.6 is 23.2 Å². The summed E-state index contributed by atoms with van der Waals surface area (Å²) in [5.41, 5.74) is 0. The van der Waals surface area contributed by atoms with Gasteiger partial charge in [0.1, 0.15) is 4.90 Å². The molecule has 0 heterocycles. The quantitative estimate of drug-likeness (QED) is 0.574. The molecule has 0 aliphatic heterocycles.